The molecule has 0 fully saturated rings. The minimum absolute atomic E-state index is 0.243. The Hall–Kier alpha value is -1.90. The van der Waals surface area contributed by atoms with E-state index in [0.29, 0.717) is 6.42 Å². The second-order valence-corrected chi connectivity index (χ2v) is 5.21. The number of fused-ring (bicyclic) bond motifs is 2. The van der Waals surface area contributed by atoms with Crippen molar-refractivity contribution >= 4 is 22.5 Å². The molecule has 98 valence electrons. The van der Waals surface area contributed by atoms with Crippen molar-refractivity contribution in [3.05, 3.63) is 35.9 Å². The maximum atomic E-state index is 11.2. The van der Waals surface area contributed by atoms with Crippen molar-refractivity contribution in [3.63, 3.8) is 0 Å². The highest BCUT2D eigenvalue weighted by Crippen LogP contribution is 2.28. The fourth-order valence-corrected chi connectivity index (χ4v) is 2.68. The normalized spacial score (nSPS) is 14.5. The van der Waals surface area contributed by atoms with Crippen molar-refractivity contribution in [2.75, 3.05) is 18.0 Å². The van der Waals surface area contributed by atoms with Gasteiger partial charge in [0.2, 0.25) is 0 Å². The van der Waals surface area contributed by atoms with Crippen LogP contribution in [0.2, 0.25) is 0 Å². The van der Waals surface area contributed by atoms with Gasteiger partial charge in [-0.25, -0.2) is 4.98 Å². The molecular formula is C16H18N2O. The number of carbonyl (C=O) groups is 1. The van der Waals surface area contributed by atoms with Gasteiger partial charge in [0, 0.05) is 24.9 Å². The summed E-state index contributed by atoms with van der Waals surface area (Å²) in [6, 6.07) is 10.5. The molecule has 3 rings (SSSR count). The molecule has 1 aliphatic rings. The van der Waals surface area contributed by atoms with Crippen LogP contribution in [0.25, 0.3) is 10.9 Å². The van der Waals surface area contributed by atoms with Crippen LogP contribution in [-0.2, 0) is 11.2 Å². The molecule has 1 aromatic carbocycles. The van der Waals surface area contributed by atoms with Gasteiger partial charge in [-0.3, -0.25) is 4.79 Å². The highest BCUT2D eigenvalue weighted by molar-refractivity contribution is 5.82. The first-order chi connectivity index (χ1) is 9.24. The van der Waals surface area contributed by atoms with Gasteiger partial charge in [-0.1, -0.05) is 18.2 Å². The van der Waals surface area contributed by atoms with Gasteiger partial charge in [-0.2, -0.15) is 0 Å². The van der Waals surface area contributed by atoms with Crippen LogP contribution in [0.3, 0.4) is 0 Å². The maximum absolute atomic E-state index is 11.2. The van der Waals surface area contributed by atoms with Crippen molar-refractivity contribution < 1.29 is 4.79 Å². The first-order valence-corrected chi connectivity index (χ1v) is 6.87. The molecule has 0 atom stereocenters. The number of pyridine rings is 1. The van der Waals surface area contributed by atoms with E-state index < -0.39 is 0 Å². The van der Waals surface area contributed by atoms with Crippen LogP contribution in [0.1, 0.15) is 25.3 Å². The number of aryl methyl sites for hydroxylation is 1. The van der Waals surface area contributed by atoms with Crippen LogP contribution in [0.4, 0.5) is 5.82 Å². The summed E-state index contributed by atoms with van der Waals surface area (Å²) in [5.74, 6) is 1.32. The summed E-state index contributed by atoms with van der Waals surface area (Å²) in [7, 11) is 0. The molecule has 0 amide bonds. The van der Waals surface area contributed by atoms with E-state index in [1.54, 1.807) is 6.92 Å². The Balaban J connectivity index is 1.98. The van der Waals surface area contributed by atoms with Gasteiger partial charge in [0.05, 0.1) is 5.52 Å². The Bertz CT molecular complexity index is 621. The van der Waals surface area contributed by atoms with Crippen molar-refractivity contribution in [1.82, 2.24) is 4.98 Å². The molecule has 1 aliphatic heterocycles. The van der Waals surface area contributed by atoms with Crippen LogP contribution in [0.5, 0.6) is 0 Å². The van der Waals surface area contributed by atoms with Gasteiger partial charge in [0.25, 0.3) is 0 Å². The number of para-hydroxylation sites is 1. The van der Waals surface area contributed by atoms with Crippen LogP contribution in [-0.4, -0.2) is 23.9 Å². The molecule has 3 heteroatoms. The van der Waals surface area contributed by atoms with Crippen molar-refractivity contribution in [2.24, 2.45) is 0 Å². The minimum Gasteiger partial charge on any atom is -0.356 e. The first-order valence-electron chi connectivity index (χ1n) is 6.87. The Kier molecular flexibility index (Phi) is 3.20. The Morgan fingerprint density at radius 2 is 2.21 bits per heavy atom. The largest absolute Gasteiger partial charge is 0.356 e. The molecule has 1 aromatic heterocycles. The third-order valence-corrected chi connectivity index (χ3v) is 3.69. The molecule has 0 aliphatic carbocycles. The van der Waals surface area contributed by atoms with E-state index in [2.05, 4.69) is 17.0 Å². The average molecular weight is 254 g/mol. The number of ketones is 1. The highest BCUT2D eigenvalue weighted by atomic mass is 16.1. The zero-order valence-electron chi connectivity index (χ0n) is 11.2. The summed E-state index contributed by atoms with van der Waals surface area (Å²) in [5.41, 5.74) is 2.35. The second-order valence-electron chi connectivity index (χ2n) is 5.21. The van der Waals surface area contributed by atoms with E-state index in [-0.39, 0.29) is 5.78 Å². The van der Waals surface area contributed by atoms with Crippen LogP contribution in [0, 0.1) is 0 Å². The van der Waals surface area contributed by atoms with Gasteiger partial charge in [0.1, 0.15) is 11.6 Å². The number of Topliss-reactive ketones (excluding diaryl/α,β-unsaturated/α-hetero) is 1. The number of anilines is 1. The molecular weight excluding hydrogens is 236 g/mol. The fourth-order valence-electron chi connectivity index (χ4n) is 2.68. The fraction of sp³-hybridized carbons (Fsp3) is 0.375. The van der Waals surface area contributed by atoms with Crippen LogP contribution < -0.4 is 4.90 Å². The smallest absolute Gasteiger partial charge is 0.132 e. The Morgan fingerprint density at radius 1 is 1.37 bits per heavy atom. The van der Waals surface area contributed by atoms with Crippen LogP contribution in [0.15, 0.2) is 30.3 Å². The number of hydrogen-bond donors (Lipinski definition) is 0. The van der Waals surface area contributed by atoms with Gasteiger partial charge < -0.3 is 4.90 Å². The number of nitrogens with zero attached hydrogens (tertiary/aromatic N) is 2. The van der Waals surface area contributed by atoms with Crippen molar-refractivity contribution in [1.29, 1.82) is 0 Å². The molecule has 2 aromatic rings. The van der Waals surface area contributed by atoms with Crippen molar-refractivity contribution in [2.45, 2.75) is 26.2 Å². The third-order valence-electron chi connectivity index (χ3n) is 3.69. The lowest BCUT2D eigenvalue weighted by Crippen LogP contribution is -2.32. The lowest BCUT2D eigenvalue weighted by Gasteiger charge is -2.30. The summed E-state index contributed by atoms with van der Waals surface area (Å²) in [6.07, 6.45) is 2.84. The topological polar surface area (TPSA) is 33.2 Å². The average Bonchev–Trinajstić information content (AvgIpc) is 2.42. The molecule has 19 heavy (non-hydrogen) atoms. The summed E-state index contributed by atoms with van der Waals surface area (Å²) >= 11 is 0. The number of rotatable bonds is 3. The third kappa shape index (κ3) is 2.46. The predicted molar refractivity (Wildman–Crippen MR) is 77.6 cm³/mol. The number of hydrogen-bond acceptors (Lipinski definition) is 3. The summed E-state index contributed by atoms with van der Waals surface area (Å²) < 4.78 is 0. The van der Waals surface area contributed by atoms with E-state index in [1.165, 1.54) is 10.9 Å². The quantitative estimate of drug-likeness (QED) is 0.844. The molecule has 0 N–H and O–H groups in total. The lowest BCUT2D eigenvalue weighted by atomic mass is 10.0. The van der Waals surface area contributed by atoms with E-state index in [9.17, 15) is 4.79 Å². The minimum atomic E-state index is 0.243. The molecule has 0 bridgehead atoms. The molecule has 2 heterocycles. The Morgan fingerprint density at radius 3 is 3.05 bits per heavy atom. The van der Waals surface area contributed by atoms with Gasteiger partial charge >= 0.3 is 0 Å². The van der Waals surface area contributed by atoms with E-state index in [1.807, 2.05) is 18.2 Å². The van der Waals surface area contributed by atoms with Crippen molar-refractivity contribution in [3.8, 4) is 0 Å². The molecule has 3 nitrogen and oxygen atoms in total. The zero-order chi connectivity index (χ0) is 13.2. The Labute approximate surface area is 113 Å². The highest BCUT2D eigenvalue weighted by Gasteiger charge is 2.19. The number of benzene rings is 1. The monoisotopic (exact) mass is 254 g/mol. The maximum Gasteiger partial charge on any atom is 0.132 e. The summed E-state index contributed by atoms with van der Waals surface area (Å²) in [4.78, 5) is 18.2. The second kappa shape index (κ2) is 5.00. The molecule has 0 saturated carbocycles. The first kappa shape index (κ1) is 12.2. The SMILES string of the molecule is CC(=O)CCN1CCCc2cc3ccccc3nc21. The van der Waals surface area contributed by atoms with E-state index >= 15 is 0 Å². The van der Waals surface area contributed by atoms with E-state index in [0.717, 1.165) is 37.3 Å². The predicted octanol–water partition coefficient (Wildman–Crippen LogP) is 2.97. The summed E-state index contributed by atoms with van der Waals surface area (Å²) in [6.45, 7) is 3.44. The number of aromatic nitrogens is 1. The zero-order valence-corrected chi connectivity index (χ0v) is 11.2. The summed E-state index contributed by atoms with van der Waals surface area (Å²) in [5, 5.41) is 1.20. The molecule has 0 saturated heterocycles. The van der Waals surface area contributed by atoms with E-state index in [4.69, 9.17) is 4.98 Å². The van der Waals surface area contributed by atoms with Gasteiger partial charge in [0.15, 0.2) is 0 Å². The standard InChI is InChI=1S/C16H18N2O/c1-12(19)8-10-18-9-4-6-14-11-13-5-2-3-7-15(13)17-16(14)18/h2-3,5,7,11H,4,6,8-10H2,1H3. The molecule has 0 unspecified atom stereocenters. The molecule has 0 spiro atoms. The van der Waals surface area contributed by atoms with Gasteiger partial charge in [-0.15, -0.1) is 0 Å². The van der Waals surface area contributed by atoms with Crippen LogP contribution >= 0.6 is 0 Å². The molecule has 0 radical (unpaired) electrons. The van der Waals surface area contributed by atoms with Gasteiger partial charge in [-0.05, 0) is 37.5 Å². The lowest BCUT2D eigenvalue weighted by molar-refractivity contribution is -0.116. The number of carbonyl (C=O) groups excluding carboxylic acids is 1.